The molecule has 1 atom stereocenters. The number of hydrogen-bond acceptors (Lipinski definition) is 6. The first-order chi connectivity index (χ1) is 18.1. The van der Waals surface area contributed by atoms with Crippen molar-refractivity contribution in [3.8, 4) is 11.5 Å². The van der Waals surface area contributed by atoms with Crippen LogP contribution in [0.3, 0.4) is 0 Å². The van der Waals surface area contributed by atoms with Crippen molar-refractivity contribution in [1.82, 2.24) is 10.2 Å². The number of amides is 2. The molecule has 0 radical (unpaired) electrons. The molecule has 1 N–H and O–H groups in total. The maximum Gasteiger partial charge on any atom is 0.242 e. The Labute approximate surface area is 229 Å². The van der Waals surface area contributed by atoms with Gasteiger partial charge in [-0.05, 0) is 56.0 Å². The van der Waals surface area contributed by atoms with Crippen LogP contribution in [0.2, 0.25) is 5.02 Å². The maximum atomic E-state index is 13.4. The fourth-order valence-electron chi connectivity index (χ4n) is 4.81. The van der Waals surface area contributed by atoms with Crippen LogP contribution in [0.15, 0.2) is 42.5 Å². The van der Waals surface area contributed by atoms with Crippen LogP contribution in [0.4, 0.5) is 5.69 Å². The smallest absolute Gasteiger partial charge is 0.242 e. The number of sulfonamides is 1. The third-order valence-electron chi connectivity index (χ3n) is 6.93. The van der Waals surface area contributed by atoms with Crippen LogP contribution < -0.4 is 19.1 Å². The largest absolute Gasteiger partial charge is 0.454 e. The molecule has 1 aliphatic carbocycles. The molecule has 0 unspecified atom stereocenters. The van der Waals surface area contributed by atoms with Crippen molar-refractivity contribution >= 4 is 39.1 Å². The van der Waals surface area contributed by atoms with Gasteiger partial charge in [0.05, 0.1) is 11.9 Å². The van der Waals surface area contributed by atoms with E-state index < -0.39 is 16.1 Å². The molecule has 2 aromatic carbocycles. The highest BCUT2D eigenvalue weighted by Crippen LogP contribution is 2.36. The quantitative estimate of drug-likeness (QED) is 0.441. The number of halogens is 1. The molecule has 1 heterocycles. The third kappa shape index (κ3) is 7.11. The molecule has 2 aliphatic rings. The van der Waals surface area contributed by atoms with Gasteiger partial charge in [0.15, 0.2) is 11.5 Å². The van der Waals surface area contributed by atoms with E-state index >= 15 is 0 Å². The zero-order chi connectivity index (χ0) is 27.3. The van der Waals surface area contributed by atoms with Crippen molar-refractivity contribution in [2.75, 3.05) is 23.9 Å². The highest BCUT2D eigenvalue weighted by molar-refractivity contribution is 7.92. The molecule has 11 heteroatoms. The molecule has 0 bridgehead atoms. The van der Waals surface area contributed by atoms with Crippen LogP contribution in [0.1, 0.15) is 51.0 Å². The van der Waals surface area contributed by atoms with Crippen molar-refractivity contribution in [3.05, 3.63) is 53.1 Å². The molecule has 9 nitrogen and oxygen atoms in total. The highest BCUT2D eigenvalue weighted by atomic mass is 35.5. The van der Waals surface area contributed by atoms with E-state index in [2.05, 4.69) is 5.32 Å². The zero-order valence-corrected chi connectivity index (χ0v) is 23.3. The van der Waals surface area contributed by atoms with Crippen LogP contribution in [0.5, 0.6) is 11.5 Å². The van der Waals surface area contributed by atoms with Crippen molar-refractivity contribution in [3.63, 3.8) is 0 Å². The van der Waals surface area contributed by atoms with E-state index in [-0.39, 0.29) is 50.6 Å². The number of nitrogens with zero attached hydrogens (tertiary/aromatic N) is 2. The second-order valence-corrected chi connectivity index (χ2v) is 12.1. The van der Waals surface area contributed by atoms with Gasteiger partial charge in [-0.2, -0.15) is 0 Å². The van der Waals surface area contributed by atoms with Crippen LogP contribution in [0.25, 0.3) is 0 Å². The number of benzene rings is 2. The first-order valence-electron chi connectivity index (χ1n) is 12.8. The molecule has 38 heavy (non-hydrogen) atoms. The molecule has 1 fully saturated rings. The summed E-state index contributed by atoms with van der Waals surface area (Å²) in [4.78, 5) is 28.0. The minimum atomic E-state index is -3.61. The summed E-state index contributed by atoms with van der Waals surface area (Å²) in [6.45, 7) is 2.16. The van der Waals surface area contributed by atoms with Crippen LogP contribution in [-0.2, 0) is 26.2 Å². The topological polar surface area (TPSA) is 105 Å². The minimum absolute atomic E-state index is 0.0746. The Kier molecular flexibility index (Phi) is 9.04. The van der Waals surface area contributed by atoms with Gasteiger partial charge >= 0.3 is 0 Å². The Morgan fingerprint density at radius 3 is 2.45 bits per heavy atom. The molecule has 2 aromatic rings. The first-order valence-corrected chi connectivity index (χ1v) is 15.1. The molecule has 0 saturated heterocycles. The number of fused-ring (bicyclic) bond motifs is 1. The average molecular weight is 564 g/mol. The summed E-state index contributed by atoms with van der Waals surface area (Å²) >= 11 is 6.02. The van der Waals surface area contributed by atoms with Crippen molar-refractivity contribution in [2.45, 2.75) is 64.1 Å². The number of ether oxygens (including phenoxy) is 2. The lowest BCUT2D eigenvalue weighted by atomic mass is 10.1. The van der Waals surface area contributed by atoms with E-state index in [0.717, 1.165) is 37.5 Å². The molecule has 0 spiro atoms. The van der Waals surface area contributed by atoms with Crippen LogP contribution in [0, 0.1) is 0 Å². The maximum absolute atomic E-state index is 13.4. The summed E-state index contributed by atoms with van der Waals surface area (Å²) in [6.07, 6.45) is 5.55. The predicted octanol–water partition coefficient (Wildman–Crippen LogP) is 4.09. The Bertz CT molecular complexity index is 1250. The standard InChI is InChI=1S/C27H34ClN3O6S/c1-19(27(33)29-22-6-3-4-7-22)30(17-20-9-11-21(28)12-10-20)26(32)8-5-15-31(38(2,34)35)23-13-14-24-25(16-23)37-18-36-24/h9-14,16,19,22H,3-8,15,17-18H2,1-2H3,(H,29,33)/t19-/m0/s1. The van der Waals surface area contributed by atoms with Crippen LogP contribution >= 0.6 is 11.6 Å². The zero-order valence-electron chi connectivity index (χ0n) is 21.7. The second-order valence-electron chi connectivity index (χ2n) is 9.79. The predicted molar refractivity (Wildman–Crippen MR) is 146 cm³/mol. The summed E-state index contributed by atoms with van der Waals surface area (Å²) in [5, 5.41) is 3.67. The van der Waals surface area contributed by atoms with E-state index in [1.54, 1.807) is 42.2 Å². The summed E-state index contributed by atoms with van der Waals surface area (Å²) in [5.74, 6) is 0.619. The van der Waals surface area contributed by atoms with Gasteiger partial charge in [0, 0.05) is 36.6 Å². The number of anilines is 1. The van der Waals surface area contributed by atoms with Gasteiger partial charge < -0.3 is 19.7 Å². The normalized spacial score (nSPS) is 15.8. The van der Waals surface area contributed by atoms with Gasteiger partial charge in [-0.3, -0.25) is 13.9 Å². The fourth-order valence-corrected chi connectivity index (χ4v) is 5.89. The Morgan fingerprint density at radius 2 is 1.76 bits per heavy atom. The Morgan fingerprint density at radius 1 is 1.08 bits per heavy atom. The summed E-state index contributed by atoms with van der Waals surface area (Å²) in [5.41, 5.74) is 1.29. The monoisotopic (exact) mass is 563 g/mol. The van der Waals surface area contributed by atoms with E-state index in [1.165, 1.54) is 4.31 Å². The fraction of sp³-hybridized carbons (Fsp3) is 0.481. The van der Waals surface area contributed by atoms with E-state index in [1.807, 2.05) is 12.1 Å². The number of carbonyl (C=O) groups excluding carboxylic acids is 2. The number of hydrogen-bond donors (Lipinski definition) is 1. The Hall–Kier alpha value is -2.98. The lowest BCUT2D eigenvalue weighted by Gasteiger charge is -2.30. The molecule has 1 saturated carbocycles. The van der Waals surface area contributed by atoms with Gasteiger partial charge in [-0.1, -0.05) is 36.6 Å². The van der Waals surface area contributed by atoms with Gasteiger partial charge in [-0.25, -0.2) is 8.42 Å². The average Bonchev–Trinajstić information content (AvgIpc) is 3.56. The summed E-state index contributed by atoms with van der Waals surface area (Å²) in [7, 11) is -3.61. The first kappa shape index (κ1) is 28.0. The van der Waals surface area contributed by atoms with Crippen molar-refractivity contribution in [1.29, 1.82) is 0 Å². The second kappa shape index (κ2) is 12.3. The van der Waals surface area contributed by atoms with E-state index in [4.69, 9.17) is 21.1 Å². The molecule has 4 rings (SSSR count). The van der Waals surface area contributed by atoms with Crippen molar-refractivity contribution < 1.29 is 27.5 Å². The van der Waals surface area contributed by atoms with Crippen molar-refractivity contribution in [2.24, 2.45) is 0 Å². The van der Waals surface area contributed by atoms with Gasteiger partial charge in [0.2, 0.25) is 28.6 Å². The molecule has 1 aliphatic heterocycles. The van der Waals surface area contributed by atoms with Gasteiger partial charge in [-0.15, -0.1) is 0 Å². The van der Waals surface area contributed by atoms with Crippen LogP contribution in [-0.4, -0.2) is 56.8 Å². The minimum Gasteiger partial charge on any atom is -0.454 e. The van der Waals surface area contributed by atoms with Gasteiger partial charge in [0.1, 0.15) is 6.04 Å². The molecule has 206 valence electrons. The molecular weight excluding hydrogens is 530 g/mol. The summed E-state index contributed by atoms with van der Waals surface area (Å²) < 4.78 is 37.1. The molecular formula is C27H34ClN3O6S. The molecule has 2 amide bonds. The number of carbonyl (C=O) groups is 2. The van der Waals surface area contributed by atoms with E-state index in [0.29, 0.717) is 22.2 Å². The SMILES string of the molecule is C[C@@H](C(=O)NC1CCCC1)N(Cc1ccc(Cl)cc1)C(=O)CCCN(c1ccc2c(c1)OCO2)S(C)(=O)=O. The van der Waals surface area contributed by atoms with Gasteiger partial charge in [0.25, 0.3) is 0 Å². The summed E-state index contributed by atoms with van der Waals surface area (Å²) in [6, 6.07) is 11.5. The number of nitrogens with one attached hydrogen (secondary N) is 1. The lowest BCUT2D eigenvalue weighted by molar-refractivity contribution is -0.141. The Balaban J connectivity index is 1.44. The lowest BCUT2D eigenvalue weighted by Crippen LogP contribution is -2.49. The van der Waals surface area contributed by atoms with E-state index in [9.17, 15) is 18.0 Å². The number of rotatable bonds is 11. The highest BCUT2D eigenvalue weighted by Gasteiger charge is 2.29. The third-order valence-corrected chi connectivity index (χ3v) is 8.38. The molecule has 0 aromatic heterocycles.